The van der Waals surface area contributed by atoms with Gasteiger partial charge in [-0.25, -0.2) is 24.7 Å². The highest BCUT2D eigenvalue weighted by Crippen LogP contribution is 2.31. The lowest BCUT2D eigenvalue weighted by atomic mass is 10.1. The highest BCUT2D eigenvalue weighted by Gasteiger charge is 2.31. The smallest absolute Gasteiger partial charge is 0.419 e. The maximum absolute atomic E-state index is 12.6. The summed E-state index contributed by atoms with van der Waals surface area (Å²) in [6.45, 7) is 1.81. The molecule has 0 amide bonds. The van der Waals surface area contributed by atoms with Gasteiger partial charge in [-0.3, -0.25) is 0 Å². The molecule has 4 rings (SSSR count). The predicted molar refractivity (Wildman–Crippen MR) is 114 cm³/mol. The number of aryl methyl sites for hydroxylation is 1. The molecule has 1 N–H and O–H groups in total. The van der Waals surface area contributed by atoms with E-state index in [1.165, 1.54) is 23.5 Å². The Morgan fingerprint density at radius 1 is 1.03 bits per heavy atom. The number of nitrogens with zero attached hydrogens (tertiary/aromatic N) is 4. The molecule has 0 atom stereocenters. The number of carbonyl (C=O) groups is 1. The first-order valence-electron chi connectivity index (χ1n) is 9.50. The number of carboxylic acid groups (broad SMARTS) is 1. The fourth-order valence-corrected chi connectivity index (χ4v) is 3.87. The molecule has 1 aromatic carbocycles. The van der Waals surface area contributed by atoms with Crippen LogP contribution in [0.3, 0.4) is 0 Å². The van der Waals surface area contributed by atoms with Gasteiger partial charge in [0, 0.05) is 18.0 Å². The molecule has 4 aromatic rings. The Labute approximate surface area is 189 Å². The summed E-state index contributed by atoms with van der Waals surface area (Å²) in [4.78, 5) is 28.1. The van der Waals surface area contributed by atoms with Gasteiger partial charge in [0.15, 0.2) is 0 Å². The summed E-state index contributed by atoms with van der Waals surface area (Å²) >= 11 is 1.34. The Bertz CT molecular complexity index is 1290. The van der Waals surface area contributed by atoms with E-state index in [1.54, 1.807) is 12.1 Å². The van der Waals surface area contributed by atoms with Crippen molar-refractivity contribution in [2.75, 3.05) is 0 Å². The molecule has 0 saturated carbocycles. The van der Waals surface area contributed by atoms with Crippen molar-refractivity contribution in [1.82, 2.24) is 19.9 Å². The average Bonchev–Trinajstić information content (AvgIpc) is 3.18. The number of halogens is 3. The van der Waals surface area contributed by atoms with E-state index >= 15 is 0 Å². The van der Waals surface area contributed by atoms with Gasteiger partial charge >= 0.3 is 18.2 Å². The quantitative estimate of drug-likeness (QED) is 0.408. The fourth-order valence-electron chi connectivity index (χ4n) is 2.92. The van der Waals surface area contributed by atoms with Crippen molar-refractivity contribution in [3.63, 3.8) is 0 Å². The van der Waals surface area contributed by atoms with Crippen LogP contribution in [0.4, 0.5) is 13.2 Å². The molecule has 0 saturated heterocycles. The summed E-state index contributed by atoms with van der Waals surface area (Å²) < 4.78 is 43.2. The van der Waals surface area contributed by atoms with Gasteiger partial charge in [0.25, 0.3) is 0 Å². The van der Waals surface area contributed by atoms with Crippen LogP contribution in [-0.2, 0) is 12.8 Å². The summed E-state index contributed by atoms with van der Waals surface area (Å²) in [5, 5.41) is 9.64. The molecule has 0 unspecified atom stereocenters. The Hall–Kier alpha value is -3.86. The van der Waals surface area contributed by atoms with Crippen molar-refractivity contribution in [3.8, 4) is 27.8 Å². The van der Waals surface area contributed by atoms with Crippen LogP contribution in [-0.4, -0.2) is 31.0 Å². The molecule has 0 radical (unpaired) electrons. The van der Waals surface area contributed by atoms with Crippen molar-refractivity contribution in [2.24, 2.45) is 0 Å². The van der Waals surface area contributed by atoms with E-state index in [9.17, 15) is 18.0 Å². The first-order chi connectivity index (χ1) is 15.7. The molecule has 0 bridgehead atoms. The van der Waals surface area contributed by atoms with Gasteiger partial charge < -0.3 is 9.84 Å². The van der Waals surface area contributed by atoms with E-state index < -0.39 is 17.7 Å². The Kier molecular flexibility index (Phi) is 6.05. The largest absolute Gasteiger partial charge is 0.478 e. The first-order valence-corrected chi connectivity index (χ1v) is 10.3. The van der Waals surface area contributed by atoms with Crippen LogP contribution in [0.25, 0.3) is 21.8 Å². The van der Waals surface area contributed by atoms with Gasteiger partial charge in [-0.1, -0.05) is 18.2 Å². The van der Waals surface area contributed by atoms with Crippen molar-refractivity contribution in [1.29, 1.82) is 0 Å². The number of aromatic nitrogens is 4. The van der Waals surface area contributed by atoms with Gasteiger partial charge in [0.2, 0.25) is 0 Å². The Balaban J connectivity index is 1.50. The zero-order chi connectivity index (χ0) is 23.6. The van der Waals surface area contributed by atoms with Crippen LogP contribution in [0.5, 0.6) is 6.01 Å². The second kappa shape index (κ2) is 8.94. The Morgan fingerprint density at radius 3 is 2.33 bits per heavy atom. The molecule has 3 heterocycles. The second-order valence-electron chi connectivity index (χ2n) is 6.85. The number of hydrogen-bond donors (Lipinski definition) is 1. The summed E-state index contributed by atoms with van der Waals surface area (Å²) in [6, 6.07) is 11.7. The van der Waals surface area contributed by atoms with Crippen LogP contribution >= 0.6 is 11.3 Å². The molecule has 33 heavy (non-hydrogen) atoms. The third kappa shape index (κ3) is 5.14. The number of alkyl halides is 3. The first kappa shape index (κ1) is 22.3. The molecule has 0 aliphatic heterocycles. The standard InChI is InChI=1S/C22H15F3N4O3S/c1-12-19(17-4-2-3-16(29-17)13-5-7-14(8-6-13)20(30)31)33-18(28-12)11-32-21-26-9-15(10-27-21)22(23,24)25/h2-10H,11H2,1H3,(H,30,31). The Morgan fingerprint density at radius 2 is 1.70 bits per heavy atom. The minimum atomic E-state index is -4.51. The van der Waals surface area contributed by atoms with Gasteiger partial charge in [0.1, 0.15) is 11.6 Å². The number of pyridine rings is 1. The van der Waals surface area contributed by atoms with E-state index in [4.69, 9.17) is 9.84 Å². The highest BCUT2D eigenvalue weighted by atomic mass is 32.1. The van der Waals surface area contributed by atoms with E-state index in [0.29, 0.717) is 28.8 Å². The van der Waals surface area contributed by atoms with Gasteiger partial charge in [-0.05, 0) is 31.2 Å². The highest BCUT2D eigenvalue weighted by molar-refractivity contribution is 7.15. The van der Waals surface area contributed by atoms with Crippen LogP contribution in [0.15, 0.2) is 54.9 Å². The lowest BCUT2D eigenvalue weighted by molar-refractivity contribution is -0.138. The number of thiazole rings is 1. The van der Waals surface area contributed by atoms with E-state index in [2.05, 4.69) is 19.9 Å². The molecule has 0 fully saturated rings. The zero-order valence-electron chi connectivity index (χ0n) is 17.0. The molecule has 3 aromatic heterocycles. The van der Waals surface area contributed by atoms with Crippen LogP contribution in [0.1, 0.15) is 26.6 Å². The van der Waals surface area contributed by atoms with Gasteiger partial charge in [-0.2, -0.15) is 13.2 Å². The zero-order valence-corrected chi connectivity index (χ0v) is 17.8. The summed E-state index contributed by atoms with van der Waals surface area (Å²) in [7, 11) is 0. The molecule has 0 aliphatic rings. The summed E-state index contributed by atoms with van der Waals surface area (Å²) in [5.41, 5.74) is 2.08. The normalized spacial score (nSPS) is 11.4. The molecular weight excluding hydrogens is 457 g/mol. The van der Waals surface area contributed by atoms with Crippen LogP contribution in [0, 0.1) is 6.92 Å². The van der Waals surface area contributed by atoms with E-state index in [-0.39, 0.29) is 18.2 Å². The minimum Gasteiger partial charge on any atom is -0.478 e. The minimum absolute atomic E-state index is 0.00673. The van der Waals surface area contributed by atoms with Crippen LogP contribution < -0.4 is 4.74 Å². The van der Waals surface area contributed by atoms with Gasteiger partial charge in [-0.15, -0.1) is 11.3 Å². The fraction of sp³-hybridized carbons (Fsp3) is 0.136. The molecule has 0 spiro atoms. The second-order valence-corrected chi connectivity index (χ2v) is 7.94. The average molecular weight is 472 g/mol. The lowest BCUT2D eigenvalue weighted by Crippen LogP contribution is -2.07. The maximum Gasteiger partial charge on any atom is 0.419 e. The maximum atomic E-state index is 12.6. The van der Waals surface area contributed by atoms with Crippen molar-refractivity contribution in [3.05, 3.63) is 76.7 Å². The molecular formula is C22H15F3N4O3S. The number of benzene rings is 1. The molecule has 7 nitrogen and oxygen atoms in total. The third-order valence-corrected chi connectivity index (χ3v) is 5.68. The molecule has 11 heteroatoms. The third-order valence-electron chi connectivity index (χ3n) is 4.53. The summed E-state index contributed by atoms with van der Waals surface area (Å²) in [5.74, 6) is -1.00. The number of carboxylic acids is 1. The summed E-state index contributed by atoms with van der Waals surface area (Å²) in [6.07, 6.45) is -3.18. The number of aromatic carboxylic acids is 1. The van der Waals surface area contributed by atoms with Gasteiger partial charge in [0.05, 0.1) is 33.1 Å². The SMILES string of the molecule is Cc1nc(COc2ncc(C(F)(F)F)cn2)sc1-c1cccc(-c2ccc(C(=O)O)cc2)n1. The predicted octanol–water partition coefficient (Wildman–Crippen LogP) is 5.27. The van der Waals surface area contributed by atoms with Crippen molar-refractivity contribution < 1.29 is 27.8 Å². The number of hydrogen-bond acceptors (Lipinski definition) is 7. The number of rotatable bonds is 6. The number of ether oxygens (including phenoxy) is 1. The molecule has 0 aliphatic carbocycles. The van der Waals surface area contributed by atoms with Crippen molar-refractivity contribution in [2.45, 2.75) is 19.7 Å². The van der Waals surface area contributed by atoms with E-state index in [1.807, 2.05) is 25.1 Å². The lowest BCUT2D eigenvalue weighted by Gasteiger charge is -2.06. The van der Waals surface area contributed by atoms with Crippen molar-refractivity contribution >= 4 is 17.3 Å². The monoisotopic (exact) mass is 472 g/mol. The molecule has 168 valence electrons. The van der Waals surface area contributed by atoms with E-state index in [0.717, 1.165) is 16.1 Å². The topological polar surface area (TPSA) is 98.1 Å². The van der Waals surface area contributed by atoms with Crippen LogP contribution in [0.2, 0.25) is 0 Å².